The fraction of sp³-hybridized carbons (Fsp3) is 0.593. The van der Waals surface area contributed by atoms with Crippen molar-refractivity contribution in [1.29, 1.82) is 0 Å². The van der Waals surface area contributed by atoms with Gasteiger partial charge in [-0.05, 0) is 43.0 Å². The van der Waals surface area contributed by atoms with Crippen LogP contribution in [0.3, 0.4) is 0 Å². The summed E-state index contributed by atoms with van der Waals surface area (Å²) in [5.74, 6) is -1.64. The summed E-state index contributed by atoms with van der Waals surface area (Å²) in [4.78, 5) is 40.2. The first-order chi connectivity index (χ1) is 15.9. The number of hydrogen-bond donors (Lipinski definition) is 4. The number of nitrogens with one attached hydrogen (secondary N) is 2. The zero-order chi connectivity index (χ0) is 27.3. The number of amides is 2. The fourth-order valence-electron chi connectivity index (χ4n) is 4.23. The molecule has 196 valence electrons. The average molecular weight is 489 g/mol. The van der Waals surface area contributed by atoms with E-state index in [-0.39, 0.29) is 23.3 Å². The highest BCUT2D eigenvalue weighted by atomic mass is 16.4. The minimum Gasteiger partial charge on any atom is -0.478 e. The maximum absolute atomic E-state index is 13.7. The zero-order valence-corrected chi connectivity index (χ0v) is 22.9. The summed E-state index contributed by atoms with van der Waals surface area (Å²) in [7, 11) is 3.36. The van der Waals surface area contributed by atoms with Crippen molar-refractivity contribution in [3.05, 3.63) is 41.5 Å². The van der Waals surface area contributed by atoms with Crippen LogP contribution in [0.2, 0.25) is 0 Å². The van der Waals surface area contributed by atoms with Gasteiger partial charge in [0.1, 0.15) is 6.04 Å². The first-order valence-electron chi connectivity index (χ1n) is 12.0. The second-order valence-corrected chi connectivity index (χ2v) is 11.2. The van der Waals surface area contributed by atoms with Crippen molar-refractivity contribution in [3.63, 3.8) is 0 Å². The number of benzene rings is 1. The summed E-state index contributed by atoms with van der Waals surface area (Å²) in [6, 6.07) is 5.52. The Hall–Kier alpha value is -2.87. The molecule has 1 aromatic rings. The van der Waals surface area contributed by atoms with Gasteiger partial charge in [-0.15, -0.1) is 0 Å². The van der Waals surface area contributed by atoms with Crippen LogP contribution in [0.5, 0.6) is 0 Å². The number of rotatable bonds is 10. The molecule has 0 heterocycles. The molecule has 0 saturated heterocycles. The molecule has 0 spiro atoms. The number of carbonyl (C=O) groups is 3. The number of carboxylic acid groups (broad SMARTS) is 1. The summed E-state index contributed by atoms with van der Waals surface area (Å²) >= 11 is 0. The van der Waals surface area contributed by atoms with E-state index in [0.717, 1.165) is 5.56 Å². The molecule has 0 aliphatic rings. The molecule has 0 saturated carbocycles. The molecule has 0 aliphatic heterocycles. The first kappa shape index (κ1) is 30.2. The van der Waals surface area contributed by atoms with Gasteiger partial charge in [0.2, 0.25) is 11.8 Å². The Balaban J connectivity index is 3.32. The molecule has 0 fully saturated rings. The Morgan fingerprint density at radius 3 is 2.09 bits per heavy atom. The van der Waals surface area contributed by atoms with Gasteiger partial charge in [-0.3, -0.25) is 9.59 Å². The SMILES string of the molecule is CN[C@H](C(=O)N[C@H](C(=O)N(C)[C@H](C=C(C)C(=O)O)C(C)C)C(C)(C)C)C(C)(C)c1cccc(N)c1. The van der Waals surface area contributed by atoms with E-state index in [2.05, 4.69) is 10.6 Å². The van der Waals surface area contributed by atoms with E-state index in [1.54, 1.807) is 26.2 Å². The van der Waals surface area contributed by atoms with Crippen LogP contribution >= 0.6 is 0 Å². The molecule has 2 amide bonds. The molecule has 3 atom stereocenters. The third-order valence-electron chi connectivity index (χ3n) is 6.54. The van der Waals surface area contributed by atoms with Crippen LogP contribution in [0, 0.1) is 11.3 Å². The van der Waals surface area contributed by atoms with Crippen molar-refractivity contribution >= 4 is 23.5 Å². The normalized spacial score (nSPS) is 15.3. The third-order valence-corrected chi connectivity index (χ3v) is 6.54. The van der Waals surface area contributed by atoms with Gasteiger partial charge in [-0.1, -0.05) is 66.7 Å². The van der Waals surface area contributed by atoms with Crippen LogP contribution in [-0.4, -0.2) is 60.0 Å². The molecule has 8 nitrogen and oxygen atoms in total. The number of nitrogen functional groups attached to an aromatic ring is 1. The van der Waals surface area contributed by atoms with Gasteiger partial charge in [-0.25, -0.2) is 4.79 Å². The summed E-state index contributed by atoms with van der Waals surface area (Å²) in [5, 5.41) is 15.4. The Morgan fingerprint density at radius 1 is 1.09 bits per heavy atom. The first-order valence-corrected chi connectivity index (χ1v) is 12.0. The van der Waals surface area contributed by atoms with Gasteiger partial charge in [-0.2, -0.15) is 0 Å². The highest BCUT2D eigenvalue weighted by Crippen LogP contribution is 2.30. The van der Waals surface area contributed by atoms with Crippen LogP contribution in [-0.2, 0) is 19.8 Å². The number of nitrogens with two attached hydrogens (primary N) is 1. The van der Waals surface area contributed by atoms with Crippen LogP contribution in [0.15, 0.2) is 35.9 Å². The molecule has 0 aromatic heterocycles. The van der Waals surface area contributed by atoms with Crippen molar-refractivity contribution in [1.82, 2.24) is 15.5 Å². The van der Waals surface area contributed by atoms with Crippen molar-refractivity contribution in [2.75, 3.05) is 19.8 Å². The van der Waals surface area contributed by atoms with Gasteiger partial charge in [0.25, 0.3) is 0 Å². The van der Waals surface area contributed by atoms with Crippen LogP contribution < -0.4 is 16.4 Å². The maximum atomic E-state index is 13.7. The Bertz CT molecular complexity index is 947. The number of carboxylic acids is 1. The topological polar surface area (TPSA) is 125 Å². The second-order valence-electron chi connectivity index (χ2n) is 11.2. The highest BCUT2D eigenvalue weighted by molar-refractivity contribution is 5.91. The van der Waals surface area contributed by atoms with E-state index in [0.29, 0.717) is 5.69 Å². The number of carbonyl (C=O) groups excluding carboxylic acids is 2. The predicted octanol–water partition coefficient (Wildman–Crippen LogP) is 3.18. The largest absolute Gasteiger partial charge is 0.478 e. The molecule has 0 aliphatic carbocycles. The molecule has 1 aromatic carbocycles. The van der Waals surface area contributed by atoms with Gasteiger partial charge < -0.3 is 26.4 Å². The number of hydrogen-bond acceptors (Lipinski definition) is 5. The van der Waals surface area contributed by atoms with Crippen molar-refractivity contribution in [3.8, 4) is 0 Å². The molecular formula is C27H44N4O4. The quantitative estimate of drug-likeness (QED) is 0.296. The van der Waals surface area contributed by atoms with Gasteiger partial charge in [0.15, 0.2) is 0 Å². The van der Waals surface area contributed by atoms with Gasteiger partial charge >= 0.3 is 5.97 Å². The van der Waals surface area contributed by atoms with Crippen LogP contribution in [0.1, 0.15) is 61.0 Å². The number of nitrogens with zero attached hydrogens (tertiary/aromatic N) is 1. The molecule has 0 bridgehead atoms. The summed E-state index contributed by atoms with van der Waals surface area (Å²) < 4.78 is 0. The molecular weight excluding hydrogens is 444 g/mol. The van der Waals surface area contributed by atoms with Crippen molar-refractivity contribution < 1.29 is 19.5 Å². The predicted molar refractivity (Wildman–Crippen MR) is 141 cm³/mol. The lowest BCUT2D eigenvalue weighted by Crippen LogP contribution is -2.61. The minimum absolute atomic E-state index is 0.0258. The molecule has 35 heavy (non-hydrogen) atoms. The maximum Gasteiger partial charge on any atom is 0.331 e. The fourth-order valence-corrected chi connectivity index (χ4v) is 4.23. The van der Waals surface area contributed by atoms with E-state index in [1.807, 2.05) is 66.7 Å². The lowest BCUT2D eigenvalue weighted by molar-refractivity contribution is -0.141. The lowest BCUT2D eigenvalue weighted by atomic mass is 9.76. The standard InChI is InChI=1S/C27H44N4O4/c1-16(2)20(14-17(3)25(34)35)31(10)24(33)22(26(4,5)6)30-23(32)21(29-9)27(7,8)18-12-11-13-19(28)15-18/h11-16,20-22,29H,28H2,1-10H3,(H,30,32)(H,34,35)/t20-,21-,22-/m1/s1. The van der Waals surface area contributed by atoms with E-state index < -0.39 is 34.9 Å². The number of anilines is 1. The summed E-state index contributed by atoms with van der Waals surface area (Å²) in [6.45, 7) is 15.0. The minimum atomic E-state index is -1.03. The second kappa shape index (κ2) is 11.7. The van der Waals surface area contributed by atoms with E-state index >= 15 is 0 Å². The number of likely N-dealkylation sites (N-methyl/N-ethyl adjacent to an activating group) is 2. The monoisotopic (exact) mass is 488 g/mol. The average Bonchev–Trinajstić information content (AvgIpc) is 2.73. The van der Waals surface area contributed by atoms with E-state index in [4.69, 9.17) is 5.73 Å². The van der Waals surface area contributed by atoms with E-state index in [1.165, 1.54) is 11.8 Å². The Morgan fingerprint density at radius 2 is 1.66 bits per heavy atom. The van der Waals surface area contributed by atoms with Crippen LogP contribution in [0.25, 0.3) is 0 Å². The summed E-state index contributed by atoms with van der Waals surface area (Å²) in [6.07, 6.45) is 1.59. The third kappa shape index (κ3) is 7.56. The van der Waals surface area contributed by atoms with E-state index in [9.17, 15) is 19.5 Å². The Kier molecular flexibility index (Phi) is 10.1. The lowest BCUT2D eigenvalue weighted by Gasteiger charge is -2.40. The molecule has 8 heteroatoms. The molecule has 0 unspecified atom stereocenters. The smallest absolute Gasteiger partial charge is 0.331 e. The van der Waals surface area contributed by atoms with Crippen molar-refractivity contribution in [2.45, 2.75) is 78.9 Å². The molecule has 1 rings (SSSR count). The number of aliphatic carboxylic acids is 1. The van der Waals surface area contributed by atoms with Crippen LogP contribution in [0.4, 0.5) is 5.69 Å². The Labute approximate surface area is 210 Å². The summed E-state index contributed by atoms with van der Waals surface area (Å²) in [5.41, 5.74) is 6.45. The zero-order valence-electron chi connectivity index (χ0n) is 22.9. The van der Waals surface area contributed by atoms with Gasteiger partial charge in [0, 0.05) is 23.7 Å². The molecule has 5 N–H and O–H groups in total. The van der Waals surface area contributed by atoms with Gasteiger partial charge in [0.05, 0.1) is 12.1 Å². The van der Waals surface area contributed by atoms with Crippen molar-refractivity contribution in [2.24, 2.45) is 11.3 Å². The molecule has 0 radical (unpaired) electrons. The highest BCUT2D eigenvalue weighted by Gasteiger charge is 2.41.